The Morgan fingerprint density at radius 1 is 1.15 bits per heavy atom. The fourth-order valence-corrected chi connectivity index (χ4v) is 2.57. The van der Waals surface area contributed by atoms with Gasteiger partial charge in [0.2, 0.25) is 0 Å². The number of rotatable bonds is 4. The molecule has 0 atom stereocenters. The van der Waals surface area contributed by atoms with E-state index in [4.69, 9.17) is 23.2 Å². The fraction of sp³-hybridized carbons (Fsp3) is 0.0769. The molecule has 0 fully saturated rings. The normalized spacial score (nSPS) is 10.3. The summed E-state index contributed by atoms with van der Waals surface area (Å²) in [6, 6.07) is 10.2. The molecule has 2 rings (SSSR count). The van der Waals surface area contributed by atoms with Gasteiger partial charge in [-0.2, -0.15) is 0 Å². The van der Waals surface area contributed by atoms with Crippen LogP contribution in [0.25, 0.3) is 0 Å². The highest BCUT2D eigenvalue weighted by Crippen LogP contribution is 2.28. The average Bonchev–Trinajstić information content (AvgIpc) is 2.39. The minimum atomic E-state index is -0.502. The molecule has 0 heterocycles. The van der Waals surface area contributed by atoms with E-state index in [2.05, 4.69) is 21.2 Å². The molecule has 20 heavy (non-hydrogen) atoms. The molecule has 7 heteroatoms. The second kappa shape index (κ2) is 6.43. The van der Waals surface area contributed by atoms with E-state index in [1.165, 1.54) is 12.1 Å². The average molecular weight is 376 g/mol. The molecule has 4 nitrogen and oxygen atoms in total. The van der Waals surface area contributed by atoms with Crippen LogP contribution in [-0.2, 0) is 6.54 Å². The zero-order valence-corrected chi connectivity index (χ0v) is 13.2. The molecule has 2 aromatic rings. The van der Waals surface area contributed by atoms with Crippen molar-refractivity contribution < 1.29 is 4.92 Å². The Hall–Kier alpha value is -1.30. The van der Waals surface area contributed by atoms with E-state index in [1.807, 2.05) is 12.1 Å². The van der Waals surface area contributed by atoms with Crippen molar-refractivity contribution in [2.45, 2.75) is 6.54 Å². The first-order chi connectivity index (χ1) is 9.47. The number of halogens is 3. The van der Waals surface area contributed by atoms with E-state index in [9.17, 15) is 10.1 Å². The molecular weight excluding hydrogens is 367 g/mol. The van der Waals surface area contributed by atoms with Crippen LogP contribution in [-0.4, -0.2) is 4.92 Å². The van der Waals surface area contributed by atoms with Gasteiger partial charge >= 0.3 is 0 Å². The highest BCUT2D eigenvalue weighted by Gasteiger charge is 2.12. The summed E-state index contributed by atoms with van der Waals surface area (Å²) in [7, 11) is 0. The van der Waals surface area contributed by atoms with E-state index in [0.29, 0.717) is 11.6 Å². The molecule has 0 aliphatic carbocycles. The molecule has 0 spiro atoms. The van der Waals surface area contributed by atoms with Crippen molar-refractivity contribution in [2.75, 3.05) is 5.32 Å². The van der Waals surface area contributed by atoms with Gasteiger partial charge in [0.25, 0.3) is 5.69 Å². The lowest BCUT2D eigenvalue weighted by Gasteiger charge is -2.09. The van der Waals surface area contributed by atoms with Gasteiger partial charge in [0.1, 0.15) is 5.02 Å². The molecule has 0 saturated heterocycles. The summed E-state index contributed by atoms with van der Waals surface area (Å²) in [5.74, 6) is 0. The molecule has 0 unspecified atom stereocenters. The largest absolute Gasteiger partial charge is 0.380 e. The minimum Gasteiger partial charge on any atom is -0.380 e. The van der Waals surface area contributed by atoms with Crippen LogP contribution in [0.1, 0.15) is 5.56 Å². The number of nitro benzene ring substituents is 1. The SMILES string of the molecule is O=[N+]([O-])c1cc(CNc2ccc(Br)cc2Cl)ccc1Cl. The van der Waals surface area contributed by atoms with Gasteiger partial charge in [-0.15, -0.1) is 0 Å². The summed E-state index contributed by atoms with van der Waals surface area (Å²) in [5, 5.41) is 14.6. The molecule has 0 aliphatic rings. The van der Waals surface area contributed by atoms with Crippen molar-refractivity contribution in [1.29, 1.82) is 0 Å². The molecule has 0 aromatic heterocycles. The molecule has 0 bridgehead atoms. The van der Waals surface area contributed by atoms with Gasteiger partial charge in [-0.05, 0) is 29.8 Å². The predicted octanol–water partition coefficient (Wildman–Crippen LogP) is 5.28. The number of nitrogens with zero attached hydrogens (tertiary/aromatic N) is 1. The Morgan fingerprint density at radius 2 is 1.90 bits per heavy atom. The lowest BCUT2D eigenvalue weighted by atomic mass is 10.2. The summed E-state index contributed by atoms with van der Waals surface area (Å²) in [6.07, 6.45) is 0. The van der Waals surface area contributed by atoms with E-state index >= 15 is 0 Å². The van der Waals surface area contributed by atoms with Crippen molar-refractivity contribution in [3.63, 3.8) is 0 Å². The van der Waals surface area contributed by atoms with Crippen molar-refractivity contribution in [3.8, 4) is 0 Å². The third-order valence-corrected chi connectivity index (χ3v) is 3.75. The van der Waals surface area contributed by atoms with Gasteiger partial charge in [0.15, 0.2) is 0 Å². The number of nitrogens with one attached hydrogen (secondary N) is 1. The van der Waals surface area contributed by atoms with Crippen LogP contribution < -0.4 is 5.32 Å². The fourth-order valence-electron chi connectivity index (χ4n) is 1.64. The zero-order valence-electron chi connectivity index (χ0n) is 10.1. The maximum absolute atomic E-state index is 10.8. The van der Waals surface area contributed by atoms with Crippen LogP contribution in [0.3, 0.4) is 0 Å². The molecule has 0 radical (unpaired) electrons. The Balaban J connectivity index is 2.15. The Bertz CT molecular complexity index is 665. The third-order valence-electron chi connectivity index (χ3n) is 2.62. The topological polar surface area (TPSA) is 55.2 Å². The Labute approximate surface area is 134 Å². The van der Waals surface area contributed by atoms with Gasteiger partial charge in [-0.25, -0.2) is 0 Å². The second-order valence-corrected chi connectivity index (χ2v) is 5.75. The lowest BCUT2D eigenvalue weighted by Crippen LogP contribution is -2.01. The maximum atomic E-state index is 10.8. The summed E-state index contributed by atoms with van der Waals surface area (Å²) < 4.78 is 0.884. The zero-order chi connectivity index (χ0) is 14.7. The van der Waals surface area contributed by atoms with Crippen molar-refractivity contribution in [3.05, 3.63) is 66.6 Å². The first-order valence-corrected chi connectivity index (χ1v) is 7.14. The molecule has 0 aliphatic heterocycles. The number of anilines is 1. The van der Waals surface area contributed by atoms with E-state index < -0.39 is 4.92 Å². The van der Waals surface area contributed by atoms with Crippen LogP contribution in [0.5, 0.6) is 0 Å². The van der Waals surface area contributed by atoms with Crippen LogP contribution in [0.4, 0.5) is 11.4 Å². The van der Waals surface area contributed by atoms with Crippen LogP contribution in [0.15, 0.2) is 40.9 Å². The van der Waals surface area contributed by atoms with Gasteiger partial charge in [-0.3, -0.25) is 10.1 Å². The summed E-state index contributed by atoms with van der Waals surface area (Å²) in [6.45, 7) is 0.416. The molecule has 1 N–H and O–H groups in total. The number of benzene rings is 2. The molecule has 104 valence electrons. The minimum absolute atomic E-state index is 0.104. The Kier molecular flexibility index (Phi) is 4.86. The van der Waals surface area contributed by atoms with Gasteiger partial charge in [0, 0.05) is 17.1 Å². The highest BCUT2D eigenvalue weighted by atomic mass is 79.9. The predicted molar refractivity (Wildman–Crippen MR) is 84.6 cm³/mol. The van der Waals surface area contributed by atoms with Crippen LogP contribution in [0, 0.1) is 10.1 Å². The van der Waals surface area contributed by atoms with Crippen LogP contribution in [0.2, 0.25) is 10.0 Å². The number of hydrogen-bond donors (Lipinski definition) is 1. The summed E-state index contributed by atoms with van der Waals surface area (Å²) >= 11 is 15.2. The lowest BCUT2D eigenvalue weighted by molar-refractivity contribution is -0.384. The molecule has 0 saturated carbocycles. The second-order valence-electron chi connectivity index (χ2n) is 4.02. The van der Waals surface area contributed by atoms with E-state index in [0.717, 1.165) is 15.7 Å². The van der Waals surface area contributed by atoms with Gasteiger partial charge < -0.3 is 5.32 Å². The number of nitro groups is 1. The van der Waals surface area contributed by atoms with E-state index in [-0.39, 0.29) is 10.7 Å². The van der Waals surface area contributed by atoms with Crippen molar-refractivity contribution >= 4 is 50.5 Å². The van der Waals surface area contributed by atoms with E-state index in [1.54, 1.807) is 12.1 Å². The number of hydrogen-bond acceptors (Lipinski definition) is 3. The Morgan fingerprint density at radius 3 is 2.55 bits per heavy atom. The smallest absolute Gasteiger partial charge is 0.288 e. The maximum Gasteiger partial charge on any atom is 0.288 e. The molecular formula is C13H9BrCl2N2O2. The van der Waals surface area contributed by atoms with Crippen molar-refractivity contribution in [1.82, 2.24) is 0 Å². The van der Waals surface area contributed by atoms with Crippen LogP contribution >= 0.6 is 39.1 Å². The summed E-state index contributed by atoms with van der Waals surface area (Å²) in [5.41, 5.74) is 1.40. The quantitative estimate of drug-likeness (QED) is 0.584. The first kappa shape index (κ1) is 15.1. The van der Waals surface area contributed by atoms with Gasteiger partial charge in [-0.1, -0.05) is 45.2 Å². The first-order valence-electron chi connectivity index (χ1n) is 5.59. The molecule has 0 amide bonds. The summed E-state index contributed by atoms with van der Waals surface area (Å²) in [4.78, 5) is 10.3. The molecule has 2 aromatic carbocycles. The third kappa shape index (κ3) is 3.62. The highest BCUT2D eigenvalue weighted by molar-refractivity contribution is 9.10. The van der Waals surface area contributed by atoms with Gasteiger partial charge in [0.05, 0.1) is 15.6 Å². The monoisotopic (exact) mass is 374 g/mol. The standard InChI is InChI=1S/C13H9BrCl2N2O2/c14-9-2-4-12(11(16)6-9)17-7-8-1-3-10(15)13(5-8)18(19)20/h1-6,17H,7H2. The van der Waals surface area contributed by atoms with Crippen molar-refractivity contribution in [2.24, 2.45) is 0 Å².